The minimum absolute atomic E-state index is 0.0133. The van der Waals surface area contributed by atoms with Gasteiger partial charge in [0.05, 0.1) is 25.0 Å². The molecule has 2 aromatic carbocycles. The summed E-state index contributed by atoms with van der Waals surface area (Å²) in [5.74, 6) is 0.769. The van der Waals surface area contributed by atoms with E-state index in [0.717, 1.165) is 70.1 Å². The summed E-state index contributed by atoms with van der Waals surface area (Å²) in [6.07, 6.45) is 0.834. The van der Waals surface area contributed by atoms with Crippen LogP contribution in [0.2, 0.25) is 0 Å². The Morgan fingerprint density at radius 2 is 1.57 bits per heavy atom. The summed E-state index contributed by atoms with van der Waals surface area (Å²) in [6.45, 7) is 7.75. The van der Waals surface area contributed by atoms with Gasteiger partial charge in [-0.1, -0.05) is 30.3 Å². The smallest absolute Gasteiger partial charge is 0.254 e. The fraction of sp³-hybridized carbons (Fsp3) is 0.552. The Morgan fingerprint density at radius 3 is 2.30 bits per heavy atom. The number of aliphatic hydroxyl groups is 1. The van der Waals surface area contributed by atoms with Crippen molar-refractivity contribution in [1.29, 1.82) is 0 Å². The third-order valence-electron chi connectivity index (χ3n) is 7.99. The number of aliphatic hydroxyl groups excluding tert-OH is 1. The summed E-state index contributed by atoms with van der Waals surface area (Å²) in [6, 6.07) is 18.6. The maximum absolute atomic E-state index is 13.3. The molecule has 0 aliphatic carbocycles. The monoisotopic (exact) mass is 508 g/mol. The largest absolute Gasteiger partial charge is 0.495 e. The van der Waals surface area contributed by atoms with Crippen LogP contribution in [0.1, 0.15) is 19.3 Å². The average molecular weight is 509 g/mol. The van der Waals surface area contributed by atoms with Crippen LogP contribution in [0.4, 0.5) is 11.4 Å². The number of benzene rings is 2. The second kappa shape index (κ2) is 12.2. The van der Waals surface area contributed by atoms with Crippen molar-refractivity contribution >= 4 is 17.3 Å². The standard InChI is InChI=1S/C29H40N4O4/c1-36-27-10-6-5-9-25(27)32-19-21-33(22-20-32)29(35)28-26(34)12-11-24(37-28)13-14-30-15-17-31(18-16-30)23-7-3-2-4-8-23/h2-10,24,26,28,34H,11-22H2,1H3/t24-,26-,28-/m0/s1. The number of nitrogens with zero attached hydrogens (tertiary/aromatic N) is 4. The maximum Gasteiger partial charge on any atom is 0.254 e. The van der Waals surface area contributed by atoms with E-state index < -0.39 is 12.2 Å². The van der Waals surface area contributed by atoms with Crippen LogP contribution in [-0.2, 0) is 9.53 Å². The van der Waals surface area contributed by atoms with E-state index in [1.54, 1.807) is 7.11 Å². The van der Waals surface area contributed by atoms with E-state index in [-0.39, 0.29) is 12.0 Å². The molecule has 3 fully saturated rings. The number of rotatable bonds is 7. The predicted molar refractivity (Wildman–Crippen MR) is 145 cm³/mol. The minimum atomic E-state index is -0.758. The lowest BCUT2D eigenvalue weighted by Gasteiger charge is -2.41. The summed E-state index contributed by atoms with van der Waals surface area (Å²) in [5, 5.41) is 10.6. The van der Waals surface area contributed by atoms with Gasteiger partial charge in [-0.3, -0.25) is 9.69 Å². The first-order valence-electron chi connectivity index (χ1n) is 13.6. The maximum atomic E-state index is 13.3. The Morgan fingerprint density at radius 1 is 0.892 bits per heavy atom. The van der Waals surface area contributed by atoms with Crippen LogP contribution < -0.4 is 14.5 Å². The van der Waals surface area contributed by atoms with E-state index in [1.165, 1.54) is 5.69 Å². The van der Waals surface area contributed by atoms with Gasteiger partial charge < -0.3 is 29.3 Å². The van der Waals surface area contributed by atoms with Gasteiger partial charge in [-0.25, -0.2) is 0 Å². The Balaban J connectivity index is 1.08. The summed E-state index contributed by atoms with van der Waals surface area (Å²) >= 11 is 0. The van der Waals surface area contributed by atoms with Crippen molar-refractivity contribution < 1.29 is 19.4 Å². The first-order chi connectivity index (χ1) is 18.1. The second-order valence-electron chi connectivity index (χ2n) is 10.3. The SMILES string of the molecule is COc1ccccc1N1CCN(C(=O)[C@H]2O[C@H](CCN3CCN(c4ccccc4)CC3)CC[C@@H]2O)CC1. The van der Waals surface area contributed by atoms with Gasteiger partial charge >= 0.3 is 0 Å². The van der Waals surface area contributed by atoms with Gasteiger partial charge in [-0.05, 0) is 43.5 Å². The zero-order valence-corrected chi connectivity index (χ0v) is 21.9. The Bertz CT molecular complexity index is 1010. The third-order valence-corrected chi connectivity index (χ3v) is 7.99. The molecular formula is C29H40N4O4. The molecule has 3 heterocycles. The molecule has 3 saturated heterocycles. The van der Waals surface area contributed by atoms with Crippen LogP contribution in [0, 0.1) is 0 Å². The van der Waals surface area contributed by atoms with Crippen LogP contribution >= 0.6 is 0 Å². The van der Waals surface area contributed by atoms with Crippen LogP contribution in [0.15, 0.2) is 54.6 Å². The molecule has 37 heavy (non-hydrogen) atoms. The highest BCUT2D eigenvalue weighted by Gasteiger charge is 2.38. The van der Waals surface area contributed by atoms with Crippen molar-refractivity contribution in [3.05, 3.63) is 54.6 Å². The molecule has 8 heteroatoms. The van der Waals surface area contributed by atoms with Crippen LogP contribution in [0.25, 0.3) is 0 Å². The van der Waals surface area contributed by atoms with E-state index in [9.17, 15) is 9.90 Å². The summed E-state index contributed by atoms with van der Waals surface area (Å²) in [5.41, 5.74) is 2.34. The molecular weight excluding hydrogens is 468 g/mol. The normalized spacial score (nSPS) is 25.2. The average Bonchev–Trinajstić information content (AvgIpc) is 2.97. The fourth-order valence-corrected chi connectivity index (χ4v) is 5.74. The summed E-state index contributed by atoms with van der Waals surface area (Å²) < 4.78 is 11.7. The number of methoxy groups -OCH3 is 1. The Labute approximate surface area is 220 Å². The van der Waals surface area contributed by atoms with Gasteiger partial charge in [-0.2, -0.15) is 0 Å². The van der Waals surface area contributed by atoms with E-state index >= 15 is 0 Å². The number of ether oxygens (including phenoxy) is 2. The van der Waals surface area contributed by atoms with E-state index in [0.29, 0.717) is 19.5 Å². The molecule has 3 aliphatic heterocycles. The molecule has 1 N–H and O–H groups in total. The van der Waals surface area contributed by atoms with Gasteiger partial charge in [0, 0.05) is 64.6 Å². The van der Waals surface area contributed by atoms with E-state index in [4.69, 9.17) is 9.47 Å². The van der Waals surface area contributed by atoms with Gasteiger partial charge in [0.25, 0.3) is 5.91 Å². The van der Waals surface area contributed by atoms with Gasteiger partial charge in [0.15, 0.2) is 6.10 Å². The van der Waals surface area contributed by atoms with Crippen LogP contribution in [0.5, 0.6) is 5.75 Å². The molecule has 0 saturated carbocycles. The molecule has 0 bridgehead atoms. The molecule has 3 atom stereocenters. The number of piperazine rings is 2. The van der Waals surface area contributed by atoms with Crippen molar-refractivity contribution in [2.75, 3.05) is 75.8 Å². The number of amides is 1. The lowest BCUT2D eigenvalue weighted by atomic mass is 9.98. The zero-order valence-electron chi connectivity index (χ0n) is 21.9. The first kappa shape index (κ1) is 25.8. The number of hydrogen-bond acceptors (Lipinski definition) is 7. The Hall–Kier alpha value is -2.81. The topological polar surface area (TPSA) is 68.7 Å². The fourth-order valence-electron chi connectivity index (χ4n) is 5.74. The number of carbonyl (C=O) groups excluding carboxylic acids is 1. The van der Waals surface area contributed by atoms with Crippen molar-refractivity contribution in [2.24, 2.45) is 0 Å². The number of para-hydroxylation sites is 3. The van der Waals surface area contributed by atoms with E-state index in [2.05, 4.69) is 51.1 Å². The van der Waals surface area contributed by atoms with Gasteiger partial charge in [-0.15, -0.1) is 0 Å². The minimum Gasteiger partial charge on any atom is -0.495 e. The third kappa shape index (κ3) is 6.20. The number of anilines is 2. The molecule has 5 rings (SSSR count). The molecule has 1 amide bonds. The lowest BCUT2D eigenvalue weighted by molar-refractivity contribution is -0.168. The molecule has 0 aromatic heterocycles. The van der Waals surface area contributed by atoms with Crippen LogP contribution in [-0.4, -0.2) is 105 Å². The molecule has 200 valence electrons. The highest BCUT2D eigenvalue weighted by molar-refractivity contribution is 5.82. The Kier molecular flexibility index (Phi) is 8.48. The lowest BCUT2D eigenvalue weighted by Crippen LogP contribution is -2.56. The predicted octanol–water partition coefficient (Wildman–Crippen LogP) is 2.46. The van der Waals surface area contributed by atoms with Crippen molar-refractivity contribution in [3.8, 4) is 5.75 Å². The number of hydrogen-bond donors (Lipinski definition) is 1. The van der Waals surface area contributed by atoms with Gasteiger partial charge in [0.2, 0.25) is 0 Å². The number of carbonyl (C=O) groups is 1. The molecule has 0 radical (unpaired) electrons. The molecule has 2 aromatic rings. The van der Waals surface area contributed by atoms with E-state index in [1.807, 2.05) is 23.1 Å². The highest BCUT2D eigenvalue weighted by Crippen LogP contribution is 2.29. The first-order valence-corrected chi connectivity index (χ1v) is 13.6. The molecule has 8 nitrogen and oxygen atoms in total. The zero-order chi connectivity index (χ0) is 25.6. The van der Waals surface area contributed by atoms with Crippen LogP contribution in [0.3, 0.4) is 0 Å². The molecule has 0 unspecified atom stereocenters. The van der Waals surface area contributed by atoms with Gasteiger partial charge in [0.1, 0.15) is 5.75 Å². The highest BCUT2D eigenvalue weighted by atomic mass is 16.5. The van der Waals surface area contributed by atoms with Crippen molar-refractivity contribution in [1.82, 2.24) is 9.80 Å². The molecule has 3 aliphatic rings. The second-order valence-corrected chi connectivity index (χ2v) is 10.3. The van der Waals surface area contributed by atoms with Crippen molar-refractivity contribution in [2.45, 2.75) is 37.6 Å². The molecule has 0 spiro atoms. The van der Waals surface area contributed by atoms with Crippen molar-refractivity contribution in [3.63, 3.8) is 0 Å². The summed E-state index contributed by atoms with van der Waals surface area (Å²) in [4.78, 5) is 22.4. The quantitative estimate of drug-likeness (QED) is 0.616. The summed E-state index contributed by atoms with van der Waals surface area (Å²) in [7, 11) is 1.68.